The highest BCUT2D eigenvalue weighted by Gasteiger charge is 2.54. The van der Waals surface area contributed by atoms with Crippen molar-refractivity contribution in [3.63, 3.8) is 0 Å². The lowest BCUT2D eigenvalue weighted by Crippen LogP contribution is -2.59. The molecule has 3 aromatic carbocycles. The van der Waals surface area contributed by atoms with Crippen LogP contribution in [0.5, 0.6) is 11.5 Å². The number of halogens is 1. The number of ether oxygens (including phenoxy) is 3. The van der Waals surface area contributed by atoms with Crippen molar-refractivity contribution in [2.75, 3.05) is 26.5 Å². The molecule has 3 aliphatic heterocycles. The van der Waals surface area contributed by atoms with E-state index in [1.807, 2.05) is 18.2 Å². The average Bonchev–Trinajstić information content (AvgIpc) is 3.61. The zero-order valence-electron chi connectivity index (χ0n) is 21.7. The fourth-order valence-electron chi connectivity index (χ4n) is 5.51. The van der Waals surface area contributed by atoms with Crippen LogP contribution in [0.2, 0.25) is 0 Å². The second kappa shape index (κ2) is 10.6. The Bertz CT molecular complexity index is 1440. The molecule has 0 bridgehead atoms. The van der Waals surface area contributed by atoms with Crippen LogP contribution < -0.4 is 14.8 Å². The first-order chi connectivity index (χ1) is 19.4. The maximum atomic E-state index is 14.3. The Labute approximate surface area is 230 Å². The van der Waals surface area contributed by atoms with Crippen LogP contribution in [-0.4, -0.2) is 65.8 Å². The number of rotatable bonds is 5. The minimum atomic E-state index is -1.07. The van der Waals surface area contributed by atoms with Crippen LogP contribution in [-0.2, 0) is 16.1 Å². The fourth-order valence-corrected chi connectivity index (χ4v) is 5.51. The van der Waals surface area contributed by atoms with Gasteiger partial charge in [-0.1, -0.05) is 36.4 Å². The molecule has 3 aromatic rings. The second-order valence-electron chi connectivity index (χ2n) is 9.99. The molecule has 40 heavy (non-hydrogen) atoms. The van der Waals surface area contributed by atoms with Crippen LogP contribution in [0, 0.1) is 5.82 Å². The number of nitrogens with one attached hydrogen (secondary N) is 1. The third-order valence-electron chi connectivity index (χ3n) is 7.64. The molecule has 2 saturated heterocycles. The molecule has 6 rings (SSSR count). The molecule has 0 aromatic heterocycles. The second-order valence-corrected chi connectivity index (χ2v) is 9.99. The summed E-state index contributed by atoms with van der Waals surface area (Å²) in [5, 5.41) is 2.93. The minimum absolute atomic E-state index is 0.00350. The summed E-state index contributed by atoms with van der Waals surface area (Å²) in [5.41, 5.74) is 0.196. The van der Waals surface area contributed by atoms with Crippen LogP contribution in [0.15, 0.2) is 72.8 Å². The summed E-state index contributed by atoms with van der Waals surface area (Å²) in [5.74, 6) is -0.387. The van der Waals surface area contributed by atoms with Gasteiger partial charge in [-0.2, -0.15) is 0 Å². The number of hydrogen-bond donors (Lipinski definition) is 1. The molecule has 1 spiro atoms. The highest BCUT2D eigenvalue weighted by Crippen LogP contribution is 2.39. The van der Waals surface area contributed by atoms with Gasteiger partial charge in [-0.3, -0.25) is 19.3 Å². The van der Waals surface area contributed by atoms with Gasteiger partial charge in [0.25, 0.3) is 11.8 Å². The van der Waals surface area contributed by atoms with Gasteiger partial charge in [0.15, 0.2) is 11.5 Å². The van der Waals surface area contributed by atoms with E-state index < -0.39 is 23.5 Å². The third-order valence-corrected chi connectivity index (χ3v) is 7.64. The Balaban J connectivity index is 1.20. The average molecular weight is 546 g/mol. The highest BCUT2D eigenvalue weighted by molar-refractivity contribution is 5.98. The van der Waals surface area contributed by atoms with Crippen LogP contribution in [0.1, 0.15) is 39.1 Å². The predicted octanol–water partition coefficient (Wildman–Crippen LogP) is 3.34. The zero-order chi connectivity index (χ0) is 27.7. The minimum Gasteiger partial charge on any atom is -0.454 e. The van der Waals surface area contributed by atoms with E-state index in [0.29, 0.717) is 17.1 Å². The molecule has 3 heterocycles. The molecular formula is C30H28FN3O6. The number of hydrogen-bond acceptors (Lipinski definition) is 6. The molecule has 2 fully saturated rings. The molecule has 1 N–H and O–H groups in total. The third kappa shape index (κ3) is 4.75. The van der Waals surface area contributed by atoms with Crippen LogP contribution >= 0.6 is 0 Å². The first-order valence-corrected chi connectivity index (χ1v) is 13.2. The van der Waals surface area contributed by atoms with Gasteiger partial charge in [-0.15, -0.1) is 0 Å². The number of nitrogens with zero attached hydrogens (tertiary/aromatic N) is 2. The van der Waals surface area contributed by atoms with Gasteiger partial charge in [0.05, 0.1) is 12.2 Å². The van der Waals surface area contributed by atoms with E-state index >= 15 is 0 Å². The zero-order valence-corrected chi connectivity index (χ0v) is 21.7. The molecule has 3 amide bonds. The molecule has 206 valence electrons. The standard InChI is InChI=1S/C30H28FN3O6/c31-23-9-5-4-8-22(23)29(37)33-14-12-30(13-15-33)34(28(36)21-6-2-1-3-7-21)24(18-40-30)27(35)32-17-20-10-11-25-26(16-20)39-19-38-25/h1-11,16,24H,12-15,17-19H2,(H,32,35). The van der Waals surface area contributed by atoms with Gasteiger partial charge < -0.3 is 24.4 Å². The van der Waals surface area contributed by atoms with Gasteiger partial charge >= 0.3 is 0 Å². The van der Waals surface area contributed by atoms with Crippen molar-refractivity contribution in [2.45, 2.75) is 31.2 Å². The Morgan fingerprint density at radius 1 is 0.900 bits per heavy atom. The molecular weight excluding hydrogens is 517 g/mol. The SMILES string of the molecule is O=C(NCc1ccc2c(c1)OCO2)C1COC2(CCN(C(=O)c3ccccc3F)CC2)N1C(=O)c1ccccc1. The quantitative estimate of drug-likeness (QED) is 0.528. The first-order valence-electron chi connectivity index (χ1n) is 13.2. The summed E-state index contributed by atoms with van der Waals surface area (Å²) in [7, 11) is 0. The van der Waals surface area contributed by atoms with E-state index in [-0.39, 0.29) is 63.3 Å². The number of carbonyl (C=O) groups is 3. The lowest BCUT2D eigenvalue weighted by Gasteiger charge is -2.44. The van der Waals surface area contributed by atoms with E-state index in [1.165, 1.54) is 23.1 Å². The number of piperidine rings is 1. The number of carbonyl (C=O) groups excluding carboxylic acids is 3. The lowest BCUT2D eigenvalue weighted by atomic mass is 9.96. The Morgan fingerprint density at radius 3 is 2.40 bits per heavy atom. The summed E-state index contributed by atoms with van der Waals surface area (Å²) in [6, 6.07) is 19.2. The van der Waals surface area contributed by atoms with Crippen molar-refractivity contribution in [3.8, 4) is 11.5 Å². The highest BCUT2D eigenvalue weighted by atomic mass is 19.1. The molecule has 3 aliphatic rings. The molecule has 1 atom stereocenters. The van der Waals surface area contributed by atoms with Crippen LogP contribution in [0.4, 0.5) is 4.39 Å². The molecule has 10 heteroatoms. The summed E-state index contributed by atoms with van der Waals surface area (Å²) in [6.07, 6.45) is 0.579. The number of likely N-dealkylation sites (tertiary alicyclic amines) is 1. The smallest absolute Gasteiger partial charge is 0.256 e. The fraction of sp³-hybridized carbons (Fsp3) is 0.300. The van der Waals surface area contributed by atoms with E-state index in [0.717, 1.165) is 5.56 Å². The largest absolute Gasteiger partial charge is 0.454 e. The van der Waals surface area contributed by atoms with Gasteiger partial charge in [0, 0.05) is 38.0 Å². The molecule has 1 unspecified atom stereocenters. The van der Waals surface area contributed by atoms with Crippen molar-refractivity contribution in [2.24, 2.45) is 0 Å². The van der Waals surface area contributed by atoms with Gasteiger partial charge in [-0.25, -0.2) is 4.39 Å². The summed E-state index contributed by atoms with van der Waals surface area (Å²) in [6.45, 7) is 0.908. The number of fused-ring (bicyclic) bond motifs is 1. The Morgan fingerprint density at radius 2 is 1.62 bits per heavy atom. The first kappa shape index (κ1) is 25.8. The normalized spacial score (nSPS) is 19.1. The number of benzene rings is 3. The maximum Gasteiger partial charge on any atom is 0.256 e. The molecule has 0 radical (unpaired) electrons. The molecule has 9 nitrogen and oxygen atoms in total. The molecule has 0 aliphatic carbocycles. The summed E-state index contributed by atoms with van der Waals surface area (Å²) in [4.78, 5) is 43.4. The maximum absolute atomic E-state index is 14.3. The van der Waals surface area contributed by atoms with E-state index in [2.05, 4.69) is 5.32 Å². The summed E-state index contributed by atoms with van der Waals surface area (Å²) < 4.78 is 31.3. The predicted molar refractivity (Wildman–Crippen MR) is 141 cm³/mol. The lowest BCUT2D eigenvalue weighted by molar-refractivity contribution is -0.128. The van der Waals surface area contributed by atoms with E-state index in [4.69, 9.17) is 14.2 Å². The van der Waals surface area contributed by atoms with Crippen molar-refractivity contribution in [3.05, 3.63) is 95.3 Å². The number of amides is 3. The van der Waals surface area contributed by atoms with Crippen molar-refractivity contribution in [1.82, 2.24) is 15.1 Å². The Kier molecular flexibility index (Phi) is 6.85. The van der Waals surface area contributed by atoms with E-state index in [9.17, 15) is 18.8 Å². The monoisotopic (exact) mass is 545 g/mol. The van der Waals surface area contributed by atoms with Gasteiger partial charge in [0.1, 0.15) is 17.6 Å². The molecule has 0 saturated carbocycles. The van der Waals surface area contributed by atoms with Crippen LogP contribution in [0.3, 0.4) is 0 Å². The van der Waals surface area contributed by atoms with Crippen molar-refractivity contribution in [1.29, 1.82) is 0 Å². The topological polar surface area (TPSA) is 97.4 Å². The van der Waals surface area contributed by atoms with Gasteiger partial charge in [-0.05, 0) is 42.0 Å². The van der Waals surface area contributed by atoms with Crippen LogP contribution in [0.25, 0.3) is 0 Å². The Hall–Kier alpha value is -4.44. The van der Waals surface area contributed by atoms with Crippen molar-refractivity contribution >= 4 is 17.7 Å². The van der Waals surface area contributed by atoms with Gasteiger partial charge in [0.2, 0.25) is 12.7 Å². The van der Waals surface area contributed by atoms with E-state index in [1.54, 1.807) is 41.3 Å². The van der Waals surface area contributed by atoms with Crippen molar-refractivity contribution < 1.29 is 33.0 Å². The summed E-state index contributed by atoms with van der Waals surface area (Å²) >= 11 is 0.